The second kappa shape index (κ2) is 7.28. The molecular weight excluding hydrogens is 477 g/mol. The first-order chi connectivity index (χ1) is 13.6. The molecule has 2 heterocycles. The molecule has 3 rings (SSSR count). The smallest absolute Gasteiger partial charge is 0.383 e. The second-order valence-electron chi connectivity index (χ2n) is 6.10. The van der Waals surface area contributed by atoms with Crippen molar-refractivity contribution < 1.29 is 56.3 Å². The Kier molecular flexibility index (Phi) is 5.62. The summed E-state index contributed by atoms with van der Waals surface area (Å²) in [5.74, 6) is -1.64. The van der Waals surface area contributed by atoms with E-state index >= 15 is 0 Å². The number of phosphoric ester groups is 1. The van der Waals surface area contributed by atoms with Crippen molar-refractivity contribution in [3.63, 3.8) is 0 Å². The summed E-state index contributed by atoms with van der Waals surface area (Å²) in [7, 11) is -16.9. The number of hydrogen-bond donors (Lipinski definition) is 6. The number of aliphatic hydroxyl groups is 1. The van der Waals surface area contributed by atoms with E-state index in [2.05, 4.69) is 18.1 Å². The SMILES string of the molecule is N#C[C@H]1[C@H](n2ccc(N)nc2=O)O[C@@H]2C(OP(=O)(O)OP(=O)(O)OP(=O)(O)O)[C@@]21O. The quantitative estimate of drug-likeness (QED) is 0.233. The van der Waals surface area contributed by atoms with Crippen LogP contribution < -0.4 is 11.4 Å². The van der Waals surface area contributed by atoms with Crippen LogP contribution in [0, 0.1) is 17.2 Å². The maximum atomic E-state index is 11.9. The molecule has 17 nitrogen and oxygen atoms in total. The minimum atomic E-state index is -5.76. The fourth-order valence-electron chi connectivity index (χ4n) is 2.92. The number of phosphoric acid groups is 3. The maximum Gasteiger partial charge on any atom is 0.490 e. The van der Waals surface area contributed by atoms with Gasteiger partial charge in [0.1, 0.15) is 29.5 Å². The van der Waals surface area contributed by atoms with Gasteiger partial charge in [-0.25, -0.2) is 18.5 Å². The predicted molar refractivity (Wildman–Crippen MR) is 89.6 cm³/mol. The molecule has 1 aromatic rings. The van der Waals surface area contributed by atoms with Crippen LogP contribution in [0.25, 0.3) is 0 Å². The van der Waals surface area contributed by atoms with Crippen molar-refractivity contribution in [2.75, 3.05) is 5.73 Å². The molecule has 3 unspecified atom stereocenters. The molecule has 1 saturated carbocycles. The Bertz CT molecular complexity index is 1110. The highest BCUT2D eigenvalue weighted by molar-refractivity contribution is 7.66. The van der Waals surface area contributed by atoms with Gasteiger partial charge in [0.05, 0.1) is 6.07 Å². The molecule has 2 aliphatic rings. The van der Waals surface area contributed by atoms with Crippen LogP contribution in [0.15, 0.2) is 17.1 Å². The maximum absolute atomic E-state index is 11.9. The molecule has 1 aromatic heterocycles. The number of anilines is 1. The van der Waals surface area contributed by atoms with Crippen molar-refractivity contribution in [2.45, 2.75) is 24.0 Å². The largest absolute Gasteiger partial charge is 0.490 e. The van der Waals surface area contributed by atoms with Crippen molar-refractivity contribution in [3.05, 3.63) is 22.7 Å². The zero-order valence-electron chi connectivity index (χ0n) is 14.2. The number of nitrogens with zero attached hydrogens (tertiary/aromatic N) is 3. The summed E-state index contributed by atoms with van der Waals surface area (Å²) in [5, 5.41) is 20.0. The van der Waals surface area contributed by atoms with Crippen LogP contribution in [0.1, 0.15) is 6.23 Å². The van der Waals surface area contributed by atoms with E-state index < -0.39 is 59.1 Å². The molecule has 1 aliphatic carbocycles. The lowest BCUT2D eigenvalue weighted by Crippen LogP contribution is -2.36. The Morgan fingerprint density at radius 1 is 1.23 bits per heavy atom. The van der Waals surface area contributed by atoms with Gasteiger partial charge < -0.3 is 35.2 Å². The van der Waals surface area contributed by atoms with E-state index in [4.69, 9.17) is 25.2 Å². The number of nitriles is 1. The lowest BCUT2D eigenvalue weighted by Gasteiger charge is -2.23. The Morgan fingerprint density at radius 3 is 2.40 bits per heavy atom. The highest BCUT2D eigenvalue weighted by Gasteiger charge is 2.79. The van der Waals surface area contributed by atoms with Crippen molar-refractivity contribution in [3.8, 4) is 6.07 Å². The summed E-state index contributed by atoms with van der Waals surface area (Å²) in [4.78, 5) is 51.0. The fraction of sp³-hybridized carbons (Fsp3) is 0.500. The molecule has 166 valence electrons. The minimum absolute atomic E-state index is 0.114. The fourth-order valence-corrected chi connectivity index (χ4v) is 6.14. The minimum Gasteiger partial charge on any atom is -0.383 e. The summed E-state index contributed by atoms with van der Waals surface area (Å²) in [6.07, 6.45) is -3.40. The van der Waals surface area contributed by atoms with Crippen LogP contribution in [0.2, 0.25) is 0 Å². The molecule has 1 aliphatic heterocycles. The molecule has 1 saturated heterocycles. The number of ether oxygens (including phenoxy) is 1. The standard InChI is InChI=1S/C10H13N4O13P3/c11-3-4-8(14-2-1-5(12)13-9(14)15)24-6-7(10(4,6)16)25-29(20,21)27-30(22,23)26-28(17,18)19/h1-2,4,6-8,16H,(H,20,21)(H,22,23)(H2,12,13,15)(H2,17,18,19)/t4-,6+,7?,8+,10-/m0/s1. The van der Waals surface area contributed by atoms with Crippen molar-refractivity contribution >= 4 is 29.3 Å². The first-order valence-corrected chi connectivity index (χ1v) is 12.1. The van der Waals surface area contributed by atoms with E-state index in [0.29, 0.717) is 0 Å². The molecule has 0 aromatic carbocycles. The third-order valence-corrected chi connectivity index (χ3v) is 7.90. The second-order valence-corrected chi connectivity index (χ2v) is 10.5. The zero-order valence-corrected chi connectivity index (χ0v) is 16.9. The van der Waals surface area contributed by atoms with Gasteiger partial charge in [0, 0.05) is 6.20 Å². The van der Waals surface area contributed by atoms with E-state index in [1.807, 2.05) is 0 Å². The summed E-state index contributed by atoms with van der Waals surface area (Å²) >= 11 is 0. The Morgan fingerprint density at radius 2 is 1.87 bits per heavy atom. The molecule has 7 N–H and O–H groups in total. The molecule has 30 heavy (non-hydrogen) atoms. The molecule has 0 spiro atoms. The summed E-state index contributed by atoms with van der Waals surface area (Å²) in [5.41, 5.74) is 2.22. The van der Waals surface area contributed by atoms with Crippen LogP contribution in [0.5, 0.6) is 0 Å². The summed E-state index contributed by atoms with van der Waals surface area (Å²) in [6.45, 7) is 0. The van der Waals surface area contributed by atoms with Crippen molar-refractivity contribution in [1.29, 1.82) is 5.26 Å². The number of fused-ring (bicyclic) bond motifs is 1. The molecule has 20 heteroatoms. The van der Waals surface area contributed by atoms with Gasteiger partial charge in [-0.3, -0.25) is 9.09 Å². The highest BCUT2D eigenvalue weighted by Crippen LogP contribution is 2.69. The van der Waals surface area contributed by atoms with E-state index in [1.165, 1.54) is 6.07 Å². The van der Waals surface area contributed by atoms with Crippen LogP contribution in [-0.4, -0.2) is 52.0 Å². The van der Waals surface area contributed by atoms with E-state index in [0.717, 1.165) is 10.8 Å². The van der Waals surface area contributed by atoms with Gasteiger partial charge >= 0.3 is 29.2 Å². The molecule has 7 atom stereocenters. The average Bonchev–Trinajstić information content (AvgIpc) is 2.92. The Labute approximate surface area is 165 Å². The number of nitrogen functional groups attached to an aromatic ring is 1. The van der Waals surface area contributed by atoms with Gasteiger partial charge in [0.25, 0.3) is 0 Å². The molecule has 0 bridgehead atoms. The lowest BCUT2D eigenvalue weighted by molar-refractivity contribution is -0.0362. The molecule has 0 radical (unpaired) electrons. The van der Waals surface area contributed by atoms with Crippen molar-refractivity contribution in [1.82, 2.24) is 9.55 Å². The van der Waals surface area contributed by atoms with E-state index in [1.54, 1.807) is 6.07 Å². The summed E-state index contributed by atoms with van der Waals surface area (Å²) in [6, 6.07) is 2.88. The Balaban J connectivity index is 1.75. The third-order valence-electron chi connectivity index (χ3n) is 4.07. The van der Waals surface area contributed by atoms with Crippen LogP contribution in [0.4, 0.5) is 5.82 Å². The van der Waals surface area contributed by atoms with Gasteiger partial charge in [0.15, 0.2) is 6.23 Å². The average molecular weight is 490 g/mol. The molecular formula is C10H13N4O13P3. The number of rotatable bonds is 7. The Hall–Kier alpha value is -1.50. The van der Waals surface area contributed by atoms with Gasteiger partial charge in [-0.05, 0) is 6.07 Å². The third kappa shape index (κ3) is 4.41. The zero-order chi connectivity index (χ0) is 22.7. The highest BCUT2D eigenvalue weighted by atomic mass is 31.3. The van der Waals surface area contributed by atoms with E-state index in [-0.39, 0.29) is 5.82 Å². The molecule has 2 fully saturated rings. The lowest BCUT2D eigenvalue weighted by atomic mass is 10.0. The topological polar surface area (TPSA) is 274 Å². The molecule has 0 amide bonds. The van der Waals surface area contributed by atoms with Gasteiger partial charge in [-0.2, -0.15) is 18.9 Å². The number of hydrogen-bond acceptors (Lipinski definition) is 12. The number of aromatic nitrogens is 2. The van der Waals surface area contributed by atoms with Gasteiger partial charge in [-0.1, -0.05) is 0 Å². The first-order valence-electron chi connectivity index (χ1n) is 7.54. The van der Waals surface area contributed by atoms with Gasteiger partial charge in [-0.15, -0.1) is 0 Å². The van der Waals surface area contributed by atoms with Crippen LogP contribution in [-0.2, 0) is 31.6 Å². The van der Waals surface area contributed by atoms with E-state index in [9.17, 15) is 33.8 Å². The van der Waals surface area contributed by atoms with Crippen LogP contribution >= 0.6 is 23.5 Å². The number of nitrogens with two attached hydrogens (primary N) is 1. The predicted octanol–water partition coefficient (Wildman–Crippen LogP) is -1.68. The van der Waals surface area contributed by atoms with Crippen LogP contribution in [0.3, 0.4) is 0 Å². The van der Waals surface area contributed by atoms with Gasteiger partial charge in [0.2, 0.25) is 0 Å². The van der Waals surface area contributed by atoms with Crippen molar-refractivity contribution in [2.24, 2.45) is 5.92 Å². The monoisotopic (exact) mass is 490 g/mol. The summed E-state index contributed by atoms with van der Waals surface area (Å²) < 4.78 is 51.7. The normalized spacial score (nSPS) is 34.4. The first kappa shape index (κ1) is 23.2.